The van der Waals surface area contributed by atoms with E-state index in [1.54, 1.807) is 55.5 Å². The second kappa shape index (κ2) is 11.3. The molecule has 0 bridgehead atoms. The molecule has 0 saturated carbocycles. The number of amides is 1. The highest BCUT2D eigenvalue weighted by molar-refractivity contribution is 6.01. The first-order valence-corrected chi connectivity index (χ1v) is 11.2. The molecular formula is C25H28N4O5. The predicted octanol–water partition coefficient (Wildman–Crippen LogP) is 3.91. The number of carbonyl (C=O) groups excluding carboxylic acids is 2. The molecule has 1 aliphatic rings. The maximum atomic E-state index is 13.0. The molecule has 3 rings (SSSR count). The Labute approximate surface area is 198 Å². The minimum Gasteiger partial charge on any atom is -0.461 e. The van der Waals surface area contributed by atoms with Crippen LogP contribution >= 0.6 is 0 Å². The van der Waals surface area contributed by atoms with Gasteiger partial charge in [0.25, 0.3) is 5.91 Å². The van der Waals surface area contributed by atoms with Crippen LogP contribution in [0.5, 0.6) is 0 Å². The van der Waals surface area contributed by atoms with Crippen molar-refractivity contribution in [3.8, 4) is 6.07 Å². The summed E-state index contributed by atoms with van der Waals surface area (Å²) in [5.41, 5.74) is 3.54. The van der Waals surface area contributed by atoms with E-state index in [4.69, 9.17) is 19.7 Å². The van der Waals surface area contributed by atoms with Gasteiger partial charge in [-0.05, 0) is 43.2 Å². The molecule has 2 atom stereocenters. The van der Waals surface area contributed by atoms with E-state index in [0.29, 0.717) is 17.7 Å². The quantitative estimate of drug-likeness (QED) is 0.404. The van der Waals surface area contributed by atoms with Gasteiger partial charge in [0.1, 0.15) is 0 Å². The second-order valence-corrected chi connectivity index (χ2v) is 7.80. The number of para-hydroxylation sites is 1. The Morgan fingerprint density at radius 3 is 2.59 bits per heavy atom. The molecule has 0 aliphatic carbocycles. The van der Waals surface area contributed by atoms with Crippen LogP contribution in [0.3, 0.4) is 0 Å². The number of hydrogen-bond donors (Lipinski definition) is 2. The van der Waals surface area contributed by atoms with Crippen LogP contribution in [0.15, 0.2) is 53.7 Å². The molecular weight excluding hydrogens is 436 g/mol. The van der Waals surface area contributed by atoms with Gasteiger partial charge in [-0.1, -0.05) is 49.7 Å². The van der Waals surface area contributed by atoms with Crippen LogP contribution in [0, 0.1) is 17.2 Å². The summed E-state index contributed by atoms with van der Waals surface area (Å²) in [5.74, 6) is -1.52. The Balaban J connectivity index is 1.75. The van der Waals surface area contributed by atoms with Gasteiger partial charge in [0, 0.05) is 0 Å². The Bertz CT molecular complexity index is 1090. The van der Waals surface area contributed by atoms with Gasteiger partial charge in [-0.2, -0.15) is 5.26 Å². The number of benzene rings is 2. The van der Waals surface area contributed by atoms with Crippen molar-refractivity contribution in [2.24, 2.45) is 11.1 Å². The molecule has 2 aromatic rings. The maximum absolute atomic E-state index is 13.0. The number of esters is 1. The first-order valence-electron chi connectivity index (χ1n) is 11.2. The summed E-state index contributed by atoms with van der Waals surface area (Å²) in [5, 5.41) is 16.1. The summed E-state index contributed by atoms with van der Waals surface area (Å²) < 4.78 is 5.28. The summed E-state index contributed by atoms with van der Waals surface area (Å²) in [6.07, 6.45) is 1.52. The number of nitrogens with zero attached hydrogens (tertiary/aromatic N) is 2. The molecule has 0 spiro atoms. The molecule has 1 aliphatic heterocycles. The number of oxime groups is 1. The lowest BCUT2D eigenvalue weighted by Crippen LogP contribution is -2.53. The van der Waals surface area contributed by atoms with E-state index >= 15 is 0 Å². The number of hydroxylamine groups is 1. The lowest BCUT2D eigenvalue weighted by Gasteiger charge is -2.31. The van der Waals surface area contributed by atoms with Crippen molar-refractivity contribution in [1.82, 2.24) is 5.48 Å². The second-order valence-electron chi connectivity index (χ2n) is 7.80. The van der Waals surface area contributed by atoms with E-state index in [2.05, 4.69) is 16.0 Å². The monoisotopic (exact) mass is 464 g/mol. The Hall–Kier alpha value is -3.90. The normalized spacial score (nSPS) is 18.9. The molecule has 1 amide bonds. The lowest BCUT2D eigenvalue weighted by molar-refractivity contribution is -0.168. The van der Waals surface area contributed by atoms with Crippen molar-refractivity contribution in [2.75, 3.05) is 11.9 Å². The predicted molar refractivity (Wildman–Crippen MR) is 125 cm³/mol. The van der Waals surface area contributed by atoms with Crippen LogP contribution < -0.4 is 10.8 Å². The molecule has 0 aromatic heterocycles. The fourth-order valence-corrected chi connectivity index (χ4v) is 3.58. The molecule has 1 heterocycles. The number of hydrogen-bond acceptors (Lipinski definition) is 8. The van der Waals surface area contributed by atoms with Crippen LogP contribution in [-0.4, -0.2) is 29.9 Å². The van der Waals surface area contributed by atoms with E-state index in [9.17, 15) is 9.59 Å². The highest BCUT2D eigenvalue weighted by Gasteiger charge is 2.54. The summed E-state index contributed by atoms with van der Waals surface area (Å²) >= 11 is 0. The van der Waals surface area contributed by atoms with Crippen LogP contribution in [0.2, 0.25) is 0 Å². The molecule has 0 fully saturated rings. The molecule has 178 valence electrons. The Morgan fingerprint density at radius 1 is 1.18 bits per heavy atom. The van der Waals surface area contributed by atoms with Crippen molar-refractivity contribution >= 4 is 23.3 Å². The zero-order valence-corrected chi connectivity index (χ0v) is 19.5. The van der Waals surface area contributed by atoms with Crippen LogP contribution in [0.4, 0.5) is 5.69 Å². The van der Waals surface area contributed by atoms with Gasteiger partial charge in [0.15, 0.2) is 0 Å². The number of nitriles is 1. The maximum Gasteiger partial charge on any atom is 0.375 e. The van der Waals surface area contributed by atoms with Crippen molar-refractivity contribution in [3.63, 3.8) is 0 Å². The smallest absolute Gasteiger partial charge is 0.375 e. The van der Waals surface area contributed by atoms with Crippen LogP contribution in [0.25, 0.3) is 0 Å². The third kappa shape index (κ3) is 5.35. The largest absolute Gasteiger partial charge is 0.461 e. The van der Waals surface area contributed by atoms with Gasteiger partial charge in [0.2, 0.25) is 0 Å². The fourth-order valence-electron chi connectivity index (χ4n) is 3.58. The molecule has 9 heteroatoms. The van der Waals surface area contributed by atoms with Gasteiger partial charge in [-0.15, -0.1) is 0 Å². The first-order chi connectivity index (χ1) is 16.4. The Kier molecular flexibility index (Phi) is 8.22. The standard InChI is InChI=1S/C25H28N4O5/c1-4-8-21-17(3)25(34-28-21,24(31)32-5-2)27-22-10-7-6-9-20(22)23(30)29-33-16-19-13-11-18(15-26)12-14-19/h6-7,9-14,17,27H,4-5,8,16H2,1-3H3,(H,29,30). The molecule has 34 heavy (non-hydrogen) atoms. The van der Waals surface area contributed by atoms with Crippen molar-refractivity contribution in [3.05, 3.63) is 65.2 Å². The van der Waals surface area contributed by atoms with Crippen LogP contribution in [0.1, 0.15) is 55.1 Å². The van der Waals surface area contributed by atoms with Gasteiger partial charge in [-0.25, -0.2) is 10.3 Å². The highest BCUT2D eigenvalue weighted by Crippen LogP contribution is 2.35. The fraction of sp³-hybridized carbons (Fsp3) is 0.360. The van der Waals surface area contributed by atoms with Crippen LogP contribution in [-0.2, 0) is 25.8 Å². The van der Waals surface area contributed by atoms with Gasteiger partial charge in [-0.3, -0.25) is 9.63 Å². The first kappa shape index (κ1) is 24.7. The lowest BCUT2D eigenvalue weighted by atomic mass is 9.90. The van der Waals surface area contributed by atoms with Crippen molar-refractivity contribution in [1.29, 1.82) is 5.26 Å². The van der Waals surface area contributed by atoms with Gasteiger partial charge >= 0.3 is 11.7 Å². The SMILES string of the molecule is CCCC1=NOC(Nc2ccccc2C(=O)NOCc2ccc(C#N)cc2)(C(=O)OCC)C1C. The number of nitrogens with one attached hydrogen (secondary N) is 2. The van der Waals surface area contributed by atoms with Crippen molar-refractivity contribution < 1.29 is 24.0 Å². The molecule has 2 aromatic carbocycles. The van der Waals surface area contributed by atoms with E-state index in [0.717, 1.165) is 17.7 Å². The minimum atomic E-state index is -1.58. The van der Waals surface area contributed by atoms with Gasteiger partial charge in [0.05, 0.1) is 47.7 Å². The number of rotatable bonds is 10. The average Bonchev–Trinajstić information content (AvgIpc) is 3.16. The summed E-state index contributed by atoms with van der Waals surface area (Å²) in [6.45, 7) is 5.87. The third-order valence-corrected chi connectivity index (χ3v) is 5.48. The third-order valence-electron chi connectivity index (χ3n) is 5.48. The number of anilines is 1. The van der Waals surface area contributed by atoms with E-state index < -0.39 is 23.5 Å². The molecule has 9 nitrogen and oxygen atoms in total. The van der Waals surface area contributed by atoms with E-state index in [1.165, 1.54) is 0 Å². The van der Waals surface area contributed by atoms with Gasteiger partial charge < -0.3 is 14.9 Å². The highest BCUT2D eigenvalue weighted by atomic mass is 16.7. The Morgan fingerprint density at radius 2 is 1.91 bits per heavy atom. The van der Waals surface area contributed by atoms with E-state index in [-0.39, 0.29) is 18.8 Å². The average molecular weight is 465 g/mol. The summed E-state index contributed by atoms with van der Waals surface area (Å²) in [6, 6.07) is 15.6. The zero-order chi connectivity index (χ0) is 24.6. The number of carbonyl (C=O) groups is 2. The number of ether oxygens (including phenoxy) is 1. The molecule has 2 unspecified atom stereocenters. The summed E-state index contributed by atoms with van der Waals surface area (Å²) in [7, 11) is 0. The van der Waals surface area contributed by atoms with Crippen molar-refractivity contribution in [2.45, 2.75) is 45.9 Å². The topological polar surface area (TPSA) is 122 Å². The zero-order valence-electron chi connectivity index (χ0n) is 19.5. The summed E-state index contributed by atoms with van der Waals surface area (Å²) in [4.78, 5) is 36.8. The minimum absolute atomic E-state index is 0.119. The molecule has 2 N–H and O–H groups in total. The molecule has 0 radical (unpaired) electrons. The molecule has 0 saturated heterocycles. The van der Waals surface area contributed by atoms with E-state index in [1.807, 2.05) is 19.9 Å².